The molecule has 4 aliphatic rings. The Bertz CT molecular complexity index is 1140. The molecule has 5 heteroatoms. The summed E-state index contributed by atoms with van der Waals surface area (Å²) in [6.45, 7) is 4.23. The summed E-state index contributed by atoms with van der Waals surface area (Å²) in [6.07, 6.45) is 3.06. The maximum absolute atomic E-state index is 13.6. The van der Waals surface area contributed by atoms with Gasteiger partial charge >= 0.3 is 5.97 Å². The molecule has 3 aliphatic heterocycles. The fourth-order valence-electron chi connectivity index (χ4n) is 6.33. The lowest BCUT2D eigenvalue weighted by atomic mass is 9.82. The highest BCUT2D eigenvalue weighted by Crippen LogP contribution is 2.48. The van der Waals surface area contributed by atoms with Gasteiger partial charge in [-0.25, -0.2) is 4.79 Å². The summed E-state index contributed by atoms with van der Waals surface area (Å²) in [5, 5.41) is 11.8. The number of quaternary nitrogens is 1. The molecule has 1 aliphatic carbocycles. The van der Waals surface area contributed by atoms with Crippen molar-refractivity contribution in [2.24, 2.45) is 5.92 Å². The normalized spacial score (nSPS) is 25.7. The smallest absolute Gasteiger partial charge is 0.348 e. The molecule has 3 heterocycles. The number of hydrogen-bond donors (Lipinski definition) is 1. The summed E-state index contributed by atoms with van der Waals surface area (Å²) in [6, 6.07) is 25.9. The van der Waals surface area contributed by atoms with Crippen LogP contribution in [0.2, 0.25) is 0 Å². The number of rotatable bonds is 5. The molecule has 0 aromatic heterocycles. The van der Waals surface area contributed by atoms with Gasteiger partial charge in [-0.1, -0.05) is 78.9 Å². The van der Waals surface area contributed by atoms with Crippen molar-refractivity contribution in [2.75, 3.05) is 26.2 Å². The number of esters is 1. The van der Waals surface area contributed by atoms with Crippen LogP contribution in [-0.2, 0) is 21.6 Å². The van der Waals surface area contributed by atoms with Crippen LogP contribution in [0.5, 0.6) is 0 Å². The molecule has 3 aromatic carbocycles. The van der Waals surface area contributed by atoms with E-state index in [4.69, 9.17) is 4.74 Å². The Morgan fingerprint density at radius 2 is 1.44 bits per heavy atom. The number of hydrogen-bond acceptors (Lipinski definition) is 3. The maximum Gasteiger partial charge on any atom is 0.348 e. The lowest BCUT2D eigenvalue weighted by molar-refractivity contribution is -0.946. The third-order valence-electron chi connectivity index (χ3n) is 8.24. The molecule has 3 fully saturated rings. The third kappa shape index (κ3) is 3.71. The molecule has 0 amide bonds. The van der Waals surface area contributed by atoms with Crippen molar-refractivity contribution in [1.29, 1.82) is 0 Å². The number of carbonyl (C=O) groups is 1. The fourth-order valence-corrected chi connectivity index (χ4v) is 6.33. The first-order valence-corrected chi connectivity index (χ1v) is 12.1. The van der Waals surface area contributed by atoms with Crippen LogP contribution in [0.1, 0.15) is 29.5 Å². The van der Waals surface area contributed by atoms with Crippen LogP contribution in [0.4, 0.5) is 0 Å². The van der Waals surface area contributed by atoms with Crippen molar-refractivity contribution < 1.29 is 36.1 Å². The second kappa shape index (κ2) is 8.95. The van der Waals surface area contributed by atoms with E-state index in [0.717, 1.165) is 61.1 Å². The standard InChI is InChI=1S/C29H30NO3.BrH/c31-28(29(32)25-12-6-4-10-23(25)24-11-5-7-13-26(24)29)33-27-20-30(18-15-22(27)16-19-30)17-14-21-8-2-1-3-9-21;/h1-13,22,27,32H,14-20H2;1H/q+1;/p-1/t22?,27-,30?;/m0./s1. The van der Waals surface area contributed by atoms with Crippen molar-refractivity contribution >= 4 is 5.97 Å². The first-order chi connectivity index (χ1) is 16.1. The molecule has 34 heavy (non-hydrogen) atoms. The number of fused-ring (bicyclic) bond motifs is 6. The fraction of sp³-hybridized carbons (Fsp3) is 0.345. The maximum atomic E-state index is 13.6. The van der Waals surface area contributed by atoms with E-state index in [0.29, 0.717) is 17.0 Å². The SMILES string of the molecule is O=C(O[C@H]1C[N+]2(CCc3ccccc3)CCC1CC2)C1(O)c2ccccc2-c2ccccc21.[Br-]. The first-order valence-electron chi connectivity index (χ1n) is 12.1. The van der Waals surface area contributed by atoms with Gasteiger partial charge in [0.15, 0.2) is 6.10 Å². The molecule has 4 nitrogen and oxygen atoms in total. The van der Waals surface area contributed by atoms with E-state index in [1.807, 2.05) is 48.5 Å². The van der Waals surface area contributed by atoms with Gasteiger partial charge < -0.3 is 31.3 Å². The highest BCUT2D eigenvalue weighted by Gasteiger charge is 2.53. The van der Waals surface area contributed by atoms with E-state index in [-0.39, 0.29) is 23.1 Å². The number of benzene rings is 3. The summed E-state index contributed by atoms with van der Waals surface area (Å²) < 4.78 is 7.21. The Labute approximate surface area is 211 Å². The van der Waals surface area contributed by atoms with E-state index in [2.05, 4.69) is 30.3 Å². The van der Waals surface area contributed by atoms with E-state index in [1.165, 1.54) is 5.56 Å². The Morgan fingerprint density at radius 1 is 0.882 bits per heavy atom. The molecule has 1 N–H and O–H groups in total. The first kappa shape index (κ1) is 23.3. The Kier molecular flexibility index (Phi) is 6.13. The Morgan fingerprint density at radius 3 is 2.06 bits per heavy atom. The van der Waals surface area contributed by atoms with Gasteiger partial charge in [0.05, 0.1) is 19.6 Å². The van der Waals surface area contributed by atoms with Crippen LogP contribution in [-0.4, -0.2) is 47.8 Å². The predicted molar refractivity (Wildman–Crippen MR) is 127 cm³/mol. The van der Waals surface area contributed by atoms with E-state index in [9.17, 15) is 9.90 Å². The van der Waals surface area contributed by atoms with Gasteiger partial charge in [-0.15, -0.1) is 0 Å². The number of piperidine rings is 3. The topological polar surface area (TPSA) is 46.5 Å². The molecule has 7 rings (SSSR count). The van der Waals surface area contributed by atoms with Crippen LogP contribution in [0.3, 0.4) is 0 Å². The number of carbonyl (C=O) groups excluding carboxylic acids is 1. The molecule has 3 aromatic rings. The number of ether oxygens (including phenoxy) is 1. The Hall–Kier alpha value is -2.47. The molecular weight excluding hydrogens is 490 g/mol. The minimum Gasteiger partial charge on any atom is -1.00 e. The van der Waals surface area contributed by atoms with Crippen LogP contribution < -0.4 is 17.0 Å². The molecule has 2 bridgehead atoms. The summed E-state index contributed by atoms with van der Waals surface area (Å²) in [7, 11) is 0. The molecular formula is C29H30BrNO3. The largest absolute Gasteiger partial charge is 1.00 e. The molecule has 1 atom stereocenters. The Balaban J connectivity index is 0.00000241. The number of aliphatic hydroxyl groups is 1. The number of nitrogens with zero attached hydrogens (tertiary/aromatic N) is 1. The van der Waals surface area contributed by atoms with Gasteiger partial charge in [0.2, 0.25) is 5.60 Å². The van der Waals surface area contributed by atoms with Gasteiger partial charge in [-0.05, 0) is 16.7 Å². The second-order valence-electron chi connectivity index (χ2n) is 10.0. The van der Waals surface area contributed by atoms with Crippen LogP contribution in [0.15, 0.2) is 78.9 Å². The van der Waals surface area contributed by atoms with Crippen molar-refractivity contribution in [2.45, 2.75) is 31.0 Å². The van der Waals surface area contributed by atoms with Gasteiger partial charge in [0, 0.05) is 36.3 Å². The zero-order valence-electron chi connectivity index (χ0n) is 19.2. The van der Waals surface area contributed by atoms with Gasteiger partial charge in [-0.3, -0.25) is 0 Å². The summed E-state index contributed by atoms with van der Waals surface area (Å²) in [5.74, 6) is -0.138. The minimum absolute atomic E-state index is 0. The molecule has 0 unspecified atom stereocenters. The molecule has 176 valence electrons. The third-order valence-corrected chi connectivity index (χ3v) is 8.24. The van der Waals surface area contributed by atoms with Crippen LogP contribution in [0.25, 0.3) is 11.1 Å². The highest BCUT2D eigenvalue weighted by atomic mass is 79.9. The summed E-state index contributed by atoms with van der Waals surface area (Å²) in [4.78, 5) is 13.6. The lowest BCUT2D eigenvalue weighted by Gasteiger charge is -2.52. The monoisotopic (exact) mass is 519 g/mol. The average molecular weight is 520 g/mol. The van der Waals surface area contributed by atoms with E-state index >= 15 is 0 Å². The molecule has 3 saturated heterocycles. The van der Waals surface area contributed by atoms with Crippen LogP contribution >= 0.6 is 0 Å². The van der Waals surface area contributed by atoms with Crippen molar-refractivity contribution in [3.63, 3.8) is 0 Å². The van der Waals surface area contributed by atoms with Gasteiger partial charge in [0.1, 0.15) is 6.54 Å². The van der Waals surface area contributed by atoms with Gasteiger partial charge in [0.25, 0.3) is 0 Å². The van der Waals surface area contributed by atoms with Crippen molar-refractivity contribution in [3.8, 4) is 11.1 Å². The second-order valence-corrected chi connectivity index (χ2v) is 10.0. The predicted octanol–water partition coefficient (Wildman–Crippen LogP) is 1.30. The zero-order valence-corrected chi connectivity index (χ0v) is 20.8. The van der Waals surface area contributed by atoms with Crippen molar-refractivity contribution in [3.05, 3.63) is 95.6 Å². The minimum atomic E-state index is -1.74. The molecule has 0 spiro atoms. The quantitative estimate of drug-likeness (QED) is 0.408. The zero-order chi connectivity index (χ0) is 22.5. The van der Waals surface area contributed by atoms with Crippen LogP contribution in [0, 0.1) is 5.92 Å². The van der Waals surface area contributed by atoms with E-state index in [1.54, 1.807) is 0 Å². The highest BCUT2D eigenvalue weighted by molar-refractivity contribution is 5.96. The summed E-state index contributed by atoms with van der Waals surface area (Å²) >= 11 is 0. The van der Waals surface area contributed by atoms with Crippen molar-refractivity contribution in [1.82, 2.24) is 0 Å². The van der Waals surface area contributed by atoms with Gasteiger partial charge in [-0.2, -0.15) is 0 Å². The number of halogens is 1. The molecule has 0 saturated carbocycles. The lowest BCUT2D eigenvalue weighted by Crippen LogP contribution is -3.00. The molecule has 0 radical (unpaired) electrons. The average Bonchev–Trinajstić information content (AvgIpc) is 3.14. The summed E-state index contributed by atoms with van der Waals surface area (Å²) in [5.41, 5.74) is 2.70. The van der Waals surface area contributed by atoms with E-state index < -0.39 is 11.6 Å².